The van der Waals surface area contributed by atoms with Gasteiger partial charge >= 0.3 is 0 Å². The summed E-state index contributed by atoms with van der Waals surface area (Å²) in [5.74, 6) is 0.685. The number of benzene rings is 1. The molecule has 1 aromatic heterocycles. The average Bonchev–Trinajstić information content (AvgIpc) is 3.30. The number of H-pyrrole nitrogens is 1. The number of amides is 1. The Labute approximate surface area is 166 Å². The molecule has 2 aromatic rings. The molecule has 2 heterocycles. The van der Waals surface area contributed by atoms with Gasteiger partial charge in [0.25, 0.3) is 5.91 Å². The number of rotatable bonds is 5. The van der Waals surface area contributed by atoms with E-state index in [1.807, 2.05) is 37.4 Å². The normalized spacial score (nSPS) is 20.9. The molecule has 4 rings (SSSR count). The minimum atomic E-state index is -0.0332. The van der Waals surface area contributed by atoms with Crippen LogP contribution in [-0.2, 0) is 0 Å². The lowest BCUT2D eigenvalue weighted by Crippen LogP contribution is -2.47. The van der Waals surface area contributed by atoms with E-state index in [4.69, 9.17) is 4.99 Å². The smallest absolute Gasteiger partial charge is 0.251 e. The van der Waals surface area contributed by atoms with Crippen LogP contribution < -0.4 is 5.32 Å². The van der Waals surface area contributed by atoms with Crippen molar-refractivity contribution < 1.29 is 4.79 Å². The summed E-state index contributed by atoms with van der Waals surface area (Å²) in [5, 5.41) is 11.6. The fourth-order valence-electron chi connectivity index (χ4n) is 4.46. The summed E-state index contributed by atoms with van der Waals surface area (Å²) < 4.78 is 0. The Morgan fingerprint density at radius 2 is 2.11 bits per heavy atom. The average molecular weight is 377 g/mol. The minimum Gasteiger partial charge on any atom is -0.344 e. The highest BCUT2D eigenvalue weighted by Gasteiger charge is 2.33. The van der Waals surface area contributed by atoms with Crippen molar-refractivity contribution in [2.24, 2.45) is 16.8 Å². The third kappa shape index (κ3) is 3.66. The topological polar surface area (TPSA) is 70.1 Å². The van der Waals surface area contributed by atoms with Crippen LogP contribution in [-0.4, -0.2) is 27.9 Å². The highest BCUT2D eigenvalue weighted by Crippen LogP contribution is 2.31. The molecule has 28 heavy (non-hydrogen) atoms. The molecule has 1 aliphatic carbocycles. The third-order valence-corrected chi connectivity index (χ3v) is 6.07. The van der Waals surface area contributed by atoms with Crippen LogP contribution in [0.25, 0.3) is 10.9 Å². The van der Waals surface area contributed by atoms with Crippen LogP contribution in [0.15, 0.2) is 47.6 Å². The van der Waals surface area contributed by atoms with E-state index in [0.29, 0.717) is 11.5 Å². The van der Waals surface area contributed by atoms with Gasteiger partial charge in [0.05, 0.1) is 11.6 Å². The van der Waals surface area contributed by atoms with Crippen LogP contribution >= 0.6 is 0 Å². The summed E-state index contributed by atoms with van der Waals surface area (Å²) in [5.41, 5.74) is 3.63. The van der Waals surface area contributed by atoms with E-state index in [1.165, 1.54) is 12.8 Å². The first-order chi connectivity index (χ1) is 13.7. The maximum Gasteiger partial charge on any atom is 0.251 e. The zero-order chi connectivity index (χ0) is 19.5. The first kappa shape index (κ1) is 18.7. The van der Waals surface area contributed by atoms with Gasteiger partial charge in [-0.15, -0.1) is 0 Å². The van der Waals surface area contributed by atoms with E-state index in [-0.39, 0.29) is 17.9 Å². The van der Waals surface area contributed by atoms with E-state index >= 15 is 0 Å². The van der Waals surface area contributed by atoms with Crippen molar-refractivity contribution in [2.45, 2.75) is 52.0 Å². The Balaban J connectivity index is 1.63. The van der Waals surface area contributed by atoms with Gasteiger partial charge in [0.2, 0.25) is 0 Å². The summed E-state index contributed by atoms with van der Waals surface area (Å²) in [4.78, 5) is 17.9. The number of aryl methyl sites for hydroxylation is 1. The summed E-state index contributed by atoms with van der Waals surface area (Å²) in [6.45, 7) is 4.15. The van der Waals surface area contributed by atoms with Gasteiger partial charge in [0, 0.05) is 34.5 Å². The van der Waals surface area contributed by atoms with Crippen molar-refractivity contribution in [3.8, 4) is 0 Å². The Kier molecular flexibility index (Phi) is 5.42. The van der Waals surface area contributed by atoms with Gasteiger partial charge in [-0.25, -0.2) is 0 Å². The van der Waals surface area contributed by atoms with E-state index in [0.717, 1.165) is 41.6 Å². The molecule has 0 spiro atoms. The number of carbonyl (C=O) groups excluding carboxylic acids is 1. The molecule has 1 saturated carbocycles. The van der Waals surface area contributed by atoms with Crippen LogP contribution in [0.1, 0.15) is 55.1 Å². The Bertz CT molecular complexity index is 947. The van der Waals surface area contributed by atoms with Crippen molar-refractivity contribution in [1.29, 1.82) is 0 Å². The lowest BCUT2D eigenvalue weighted by Gasteiger charge is -2.29. The van der Waals surface area contributed by atoms with Crippen molar-refractivity contribution in [2.75, 3.05) is 0 Å². The number of allylic oxidation sites excluding steroid dienone is 3. The number of nitrogens with zero attached hydrogens (tertiary/aromatic N) is 2. The number of aliphatic imine (C=N–C) groups is 1. The number of carbonyl (C=O) groups is 1. The maximum atomic E-state index is 13.2. The standard InChI is InChI=1S/C23H28N4O/c1-3-16-8-6-7-13-24-21(16)22(17-9-4-5-10-17)25-23(28)18-11-12-20-19(14-18)15(2)26-27-20/h6-8,11-14,16-17,22H,3-5,9-10H2,1-2H3,(H,25,28)(H,26,27). The number of nitrogens with one attached hydrogen (secondary N) is 2. The molecule has 2 aliphatic rings. The highest BCUT2D eigenvalue weighted by molar-refractivity contribution is 6.03. The molecule has 0 saturated heterocycles. The highest BCUT2D eigenvalue weighted by atomic mass is 16.1. The fourth-order valence-corrected chi connectivity index (χ4v) is 4.46. The third-order valence-electron chi connectivity index (χ3n) is 6.07. The van der Waals surface area contributed by atoms with Crippen molar-refractivity contribution in [3.05, 3.63) is 53.9 Å². The molecule has 5 nitrogen and oxygen atoms in total. The van der Waals surface area contributed by atoms with Gasteiger partial charge < -0.3 is 5.32 Å². The predicted molar refractivity (Wildman–Crippen MR) is 114 cm³/mol. The van der Waals surface area contributed by atoms with Crippen molar-refractivity contribution in [1.82, 2.24) is 15.5 Å². The fraction of sp³-hybridized carbons (Fsp3) is 0.435. The molecular weight excluding hydrogens is 348 g/mol. The number of fused-ring (bicyclic) bond motifs is 1. The zero-order valence-electron chi connectivity index (χ0n) is 16.6. The molecule has 0 radical (unpaired) electrons. The second-order valence-electron chi connectivity index (χ2n) is 7.87. The first-order valence-corrected chi connectivity index (χ1v) is 10.3. The van der Waals surface area contributed by atoms with Gasteiger partial charge in [-0.3, -0.25) is 14.9 Å². The molecule has 1 aliphatic heterocycles. The second-order valence-corrected chi connectivity index (χ2v) is 7.87. The Hall–Kier alpha value is -2.69. The molecule has 0 bridgehead atoms. The number of aromatic amines is 1. The van der Waals surface area contributed by atoms with E-state index in [9.17, 15) is 4.79 Å². The summed E-state index contributed by atoms with van der Waals surface area (Å²) >= 11 is 0. The molecule has 146 valence electrons. The second kappa shape index (κ2) is 8.13. The van der Waals surface area contributed by atoms with Crippen molar-refractivity contribution in [3.63, 3.8) is 0 Å². The summed E-state index contributed by atoms with van der Waals surface area (Å²) in [6, 6.07) is 5.67. The van der Waals surface area contributed by atoms with Crippen molar-refractivity contribution >= 4 is 22.5 Å². The number of aromatic nitrogens is 2. The van der Waals surface area contributed by atoms with Gasteiger partial charge in [0.15, 0.2) is 0 Å². The largest absolute Gasteiger partial charge is 0.344 e. The Morgan fingerprint density at radius 3 is 2.89 bits per heavy atom. The first-order valence-electron chi connectivity index (χ1n) is 10.3. The SMILES string of the molecule is CCC1C=CC=CN=C1C(NC(=O)c1ccc2n[nH]c(C)c2c1)C1CCCC1. The lowest BCUT2D eigenvalue weighted by atomic mass is 9.85. The van der Waals surface area contributed by atoms with Gasteiger partial charge in [-0.05, 0) is 56.4 Å². The molecule has 5 heteroatoms. The molecule has 1 amide bonds. The van der Waals surface area contributed by atoms with E-state index in [1.54, 1.807) is 0 Å². The number of hydrogen-bond acceptors (Lipinski definition) is 3. The van der Waals surface area contributed by atoms with Crippen LogP contribution in [0, 0.1) is 18.8 Å². The van der Waals surface area contributed by atoms with Gasteiger partial charge in [0.1, 0.15) is 0 Å². The quantitative estimate of drug-likeness (QED) is 0.793. The van der Waals surface area contributed by atoms with Crippen LogP contribution in [0.4, 0.5) is 0 Å². The maximum absolute atomic E-state index is 13.2. The molecular formula is C23H28N4O. The Morgan fingerprint density at radius 1 is 1.29 bits per heavy atom. The predicted octanol–water partition coefficient (Wildman–Crippen LogP) is 4.71. The molecule has 1 fully saturated rings. The molecule has 1 aromatic carbocycles. The lowest BCUT2D eigenvalue weighted by molar-refractivity contribution is 0.0936. The van der Waals surface area contributed by atoms with Crippen LogP contribution in [0.2, 0.25) is 0 Å². The van der Waals surface area contributed by atoms with Crippen LogP contribution in [0.3, 0.4) is 0 Å². The zero-order valence-corrected chi connectivity index (χ0v) is 16.6. The van der Waals surface area contributed by atoms with Gasteiger partial charge in [-0.1, -0.05) is 31.9 Å². The van der Waals surface area contributed by atoms with E-state index < -0.39 is 0 Å². The van der Waals surface area contributed by atoms with Crippen LogP contribution in [0.5, 0.6) is 0 Å². The van der Waals surface area contributed by atoms with Gasteiger partial charge in [-0.2, -0.15) is 5.10 Å². The minimum absolute atomic E-state index is 0.0199. The monoisotopic (exact) mass is 376 g/mol. The molecule has 2 N–H and O–H groups in total. The molecule has 2 atom stereocenters. The summed E-state index contributed by atoms with van der Waals surface area (Å²) in [7, 11) is 0. The summed E-state index contributed by atoms with van der Waals surface area (Å²) in [6.07, 6.45) is 13.8. The number of hydrogen-bond donors (Lipinski definition) is 2. The van der Waals surface area contributed by atoms with E-state index in [2.05, 4.69) is 34.6 Å². The molecule has 2 unspecified atom stereocenters.